The molecule has 2 amide bonds. The van der Waals surface area contributed by atoms with Gasteiger partial charge in [-0.25, -0.2) is 9.59 Å². The summed E-state index contributed by atoms with van der Waals surface area (Å²) in [5.41, 5.74) is 2.08. The van der Waals surface area contributed by atoms with Crippen LogP contribution in [0.25, 0.3) is 0 Å². The first kappa shape index (κ1) is 67.9. The summed E-state index contributed by atoms with van der Waals surface area (Å²) in [5, 5.41) is 5.70. The standard InChI is InChI=1S/C68H94N2O6/c1-5-7-9-11-13-15-17-19-21-23-25-27-29-31-37-47-57-69-67(71)75-61-65-51-41-35-36-42-52-66(56-46-44-54-64(60-74-4)50-40-34-33-39-49-63(59-73-3)53-43-45-55-65)62-76-68(72)70-58-48-38-32-30-28-26-24-22-20-18-16-14-12-10-8-6-2/h49-52H,5-32,37-38,47-48,57-62H2,1-4H3,(H,69,71)(H,70,72)/b63-49+,64-50+,65-51-,66-52+. The van der Waals surface area contributed by atoms with E-state index in [0.29, 0.717) is 35.4 Å². The summed E-state index contributed by atoms with van der Waals surface area (Å²) < 4.78 is 21.6. The van der Waals surface area contributed by atoms with E-state index in [1.165, 1.54) is 180 Å². The minimum atomic E-state index is -0.524. The SMILES string of the molecule is CCCCCCCCCCCCCCCCCCNC(=O)OC/C1=C\C#CC#C/C=C(/COC(=O)NCCCCCCCCCCCCCCCCCC)C#CC#C/C(COC)=C\C#CC#C/C=C(/COC)C#CC#C1. The Hall–Kier alpha value is -6.10. The Bertz CT molecular complexity index is 2080. The number of methoxy groups -OCH3 is 2. The summed E-state index contributed by atoms with van der Waals surface area (Å²) in [6, 6.07) is 0. The molecule has 1 rings (SSSR count). The van der Waals surface area contributed by atoms with E-state index in [-0.39, 0.29) is 26.4 Å². The predicted octanol–water partition coefficient (Wildman–Crippen LogP) is 15.0. The van der Waals surface area contributed by atoms with Crippen molar-refractivity contribution in [2.75, 3.05) is 53.7 Å². The average molecular weight is 1040 g/mol. The van der Waals surface area contributed by atoms with E-state index in [2.05, 4.69) is 119 Å². The predicted molar refractivity (Wildman–Crippen MR) is 316 cm³/mol. The highest BCUT2D eigenvalue weighted by molar-refractivity contribution is 5.68. The molecule has 412 valence electrons. The van der Waals surface area contributed by atoms with Gasteiger partial charge in [0.15, 0.2) is 0 Å². The Morgan fingerprint density at radius 3 is 0.789 bits per heavy atom. The van der Waals surface area contributed by atoms with Crippen molar-refractivity contribution in [1.29, 1.82) is 0 Å². The van der Waals surface area contributed by atoms with Crippen LogP contribution >= 0.6 is 0 Å². The smallest absolute Gasteiger partial charge is 0.407 e. The van der Waals surface area contributed by atoms with E-state index in [1.807, 2.05) is 0 Å². The van der Waals surface area contributed by atoms with Gasteiger partial charge in [0.1, 0.15) is 13.2 Å². The number of alkyl carbamates (subject to hydrolysis) is 2. The van der Waals surface area contributed by atoms with Crippen LogP contribution in [0.4, 0.5) is 9.59 Å². The third-order valence-corrected chi connectivity index (χ3v) is 12.3. The quantitative estimate of drug-likeness (QED) is 0.0467. The summed E-state index contributed by atoms with van der Waals surface area (Å²) in [6.07, 6.45) is 46.6. The topological polar surface area (TPSA) is 95.1 Å². The molecule has 0 saturated carbocycles. The van der Waals surface area contributed by atoms with Gasteiger partial charge in [0.25, 0.3) is 0 Å². The maximum Gasteiger partial charge on any atom is 0.407 e. The van der Waals surface area contributed by atoms with E-state index in [9.17, 15) is 9.59 Å². The van der Waals surface area contributed by atoms with Crippen molar-refractivity contribution in [3.8, 4) is 94.7 Å². The number of rotatable bonds is 42. The Kier molecular flexibility index (Phi) is 49.3. The van der Waals surface area contributed by atoms with Crippen LogP contribution in [0.2, 0.25) is 0 Å². The molecule has 0 aromatic carbocycles. The van der Waals surface area contributed by atoms with Gasteiger partial charge < -0.3 is 29.6 Å². The van der Waals surface area contributed by atoms with Crippen molar-refractivity contribution in [1.82, 2.24) is 10.6 Å². The molecule has 8 nitrogen and oxygen atoms in total. The molecule has 1 aliphatic carbocycles. The minimum Gasteiger partial charge on any atom is -0.444 e. The molecule has 2 N–H and O–H groups in total. The number of hydrogen-bond acceptors (Lipinski definition) is 6. The maximum absolute atomic E-state index is 12.6. The van der Waals surface area contributed by atoms with E-state index in [4.69, 9.17) is 18.9 Å². The van der Waals surface area contributed by atoms with E-state index < -0.39 is 12.2 Å². The number of carbonyl (C=O) groups excluding carboxylic acids is 2. The van der Waals surface area contributed by atoms with Gasteiger partial charge in [-0.3, -0.25) is 0 Å². The highest BCUT2D eigenvalue weighted by atomic mass is 16.6. The number of unbranched alkanes of at least 4 members (excludes halogenated alkanes) is 30. The number of nitrogens with one attached hydrogen (secondary N) is 2. The number of hydrogen-bond donors (Lipinski definition) is 2. The number of allylic oxidation sites excluding steroid dienone is 4. The summed E-state index contributed by atoms with van der Waals surface area (Å²) >= 11 is 0. The molecule has 0 aromatic rings. The van der Waals surface area contributed by atoms with Crippen LogP contribution in [0.3, 0.4) is 0 Å². The molecule has 0 fully saturated rings. The first-order valence-corrected chi connectivity index (χ1v) is 29.1. The van der Waals surface area contributed by atoms with Gasteiger partial charge in [-0.1, -0.05) is 254 Å². The summed E-state index contributed by atoms with van der Waals surface area (Å²) in [7, 11) is 3.14. The molecule has 0 aromatic heterocycles. The van der Waals surface area contributed by atoms with Gasteiger partial charge in [-0.05, 0) is 60.2 Å². The van der Waals surface area contributed by atoms with Crippen molar-refractivity contribution in [3.63, 3.8) is 0 Å². The number of ether oxygens (including phenoxy) is 4. The molecular formula is C68H94N2O6. The Morgan fingerprint density at radius 2 is 0.553 bits per heavy atom. The molecule has 76 heavy (non-hydrogen) atoms. The molecule has 0 radical (unpaired) electrons. The number of amides is 2. The van der Waals surface area contributed by atoms with Crippen molar-refractivity contribution in [2.24, 2.45) is 0 Å². The summed E-state index contributed by atoms with van der Waals surface area (Å²) in [5.74, 6) is 45.7. The van der Waals surface area contributed by atoms with Crippen LogP contribution in [0.1, 0.15) is 219 Å². The lowest BCUT2D eigenvalue weighted by atomic mass is 10.0. The molecule has 0 atom stereocenters. The van der Waals surface area contributed by atoms with Crippen LogP contribution < -0.4 is 10.6 Å². The average Bonchev–Trinajstić information content (AvgIpc) is 3.42. The molecule has 0 aliphatic heterocycles. The van der Waals surface area contributed by atoms with Gasteiger partial charge in [0, 0.05) is 73.9 Å². The normalized spacial score (nSPS) is 14.6. The van der Waals surface area contributed by atoms with Crippen LogP contribution in [0.5, 0.6) is 0 Å². The Morgan fingerprint density at radius 1 is 0.329 bits per heavy atom. The largest absolute Gasteiger partial charge is 0.444 e. The van der Waals surface area contributed by atoms with Gasteiger partial charge in [-0.2, -0.15) is 0 Å². The van der Waals surface area contributed by atoms with Crippen molar-refractivity contribution >= 4 is 12.2 Å². The zero-order chi connectivity index (χ0) is 54.7. The van der Waals surface area contributed by atoms with E-state index in [0.717, 1.165) is 25.7 Å². The number of carbonyl (C=O) groups is 2. The third-order valence-electron chi connectivity index (χ3n) is 12.3. The lowest BCUT2D eigenvalue weighted by molar-refractivity contribution is 0.155. The molecule has 0 unspecified atom stereocenters. The second-order valence-corrected chi connectivity index (χ2v) is 19.2. The van der Waals surface area contributed by atoms with Gasteiger partial charge >= 0.3 is 12.2 Å². The summed E-state index contributed by atoms with van der Waals surface area (Å²) in [6.45, 7) is 5.88. The Labute approximate surface area is 463 Å². The highest BCUT2D eigenvalue weighted by Crippen LogP contribution is 2.15. The zero-order valence-corrected chi connectivity index (χ0v) is 47.6. The lowest BCUT2D eigenvalue weighted by Gasteiger charge is -2.07. The highest BCUT2D eigenvalue weighted by Gasteiger charge is 2.05. The maximum atomic E-state index is 12.6. The third kappa shape index (κ3) is 47.6. The van der Waals surface area contributed by atoms with Crippen molar-refractivity contribution in [2.45, 2.75) is 219 Å². The fraction of sp³-hybridized carbons (Fsp3) is 0.618. The molecule has 8 heteroatoms. The molecule has 0 bridgehead atoms. The van der Waals surface area contributed by atoms with Crippen LogP contribution in [-0.4, -0.2) is 65.9 Å². The second-order valence-electron chi connectivity index (χ2n) is 19.2. The monoisotopic (exact) mass is 1030 g/mol. The zero-order valence-electron chi connectivity index (χ0n) is 47.6. The van der Waals surface area contributed by atoms with Crippen molar-refractivity contribution in [3.05, 3.63) is 46.6 Å². The molecule has 0 spiro atoms. The van der Waals surface area contributed by atoms with Crippen LogP contribution in [-0.2, 0) is 18.9 Å². The molecule has 0 saturated heterocycles. The molecule has 1 aliphatic rings. The van der Waals surface area contributed by atoms with Gasteiger partial charge in [0.05, 0.1) is 13.2 Å². The minimum absolute atomic E-state index is 0.105. The molecular weight excluding hydrogens is 941 g/mol. The lowest BCUT2D eigenvalue weighted by Crippen LogP contribution is -2.25. The second kappa shape index (κ2) is 55.1. The van der Waals surface area contributed by atoms with E-state index >= 15 is 0 Å². The molecule has 0 heterocycles. The Balaban J connectivity index is 2.82. The van der Waals surface area contributed by atoms with Crippen LogP contribution in [0, 0.1) is 94.7 Å². The van der Waals surface area contributed by atoms with Gasteiger partial charge in [0.2, 0.25) is 0 Å². The van der Waals surface area contributed by atoms with Crippen molar-refractivity contribution < 1.29 is 28.5 Å². The summed E-state index contributed by atoms with van der Waals surface area (Å²) in [4.78, 5) is 25.3. The van der Waals surface area contributed by atoms with Gasteiger partial charge in [-0.15, -0.1) is 0 Å². The first-order chi connectivity index (χ1) is 37.5. The van der Waals surface area contributed by atoms with Crippen LogP contribution in [0.15, 0.2) is 46.6 Å². The first-order valence-electron chi connectivity index (χ1n) is 29.1. The fourth-order valence-electron chi connectivity index (χ4n) is 7.97. The van der Waals surface area contributed by atoms with E-state index in [1.54, 1.807) is 38.5 Å². The fourth-order valence-corrected chi connectivity index (χ4v) is 7.97.